The Morgan fingerprint density at radius 3 is 1.44 bits per heavy atom. The summed E-state index contributed by atoms with van der Waals surface area (Å²) in [7, 11) is -24.3. The first kappa shape index (κ1) is 31.2. The zero-order valence-corrected chi connectivity index (χ0v) is 24.0. The summed E-state index contributed by atoms with van der Waals surface area (Å²) in [6.07, 6.45) is -1.19. The van der Waals surface area contributed by atoms with Crippen LogP contribution in [-0.4, -0.2) is 71.5 Å². The van der Waals surface area contributed by atoms with E-state index in [4.69, 9.17) is 0 Å². The summed E-state index contributed by atoms with van der Waals surface area (Å²) in [5.74, 6) is 0. The van der Waals surface area contributed by atoms with Crippen LogP contribution in [0, 0.1) is 0 Å². The van der Waals surface area contributed by atoms with Gasteiger partial charge in [0.25, 0.3) is 30.4 Å². The topological polar surface area (TPSA) is 224 Å². The average Bonchev–Trinajstić information content (AvgIpc) is 3.15. The molecular formula is C23H24N2O12S4. The van der Waals surface area contributed by atoms with Crippen LogP contribution in [0.2, 0.25) is 0 Å². The van der Waals surface area contributed by atoms with Crippen molar-refractivity contribution >= 4 is 40.7 Å². The molecule has 3 unspecified atom stereocenters. The molecule has 1 aliphatic heterocycles. The molecule has 3 aromatic carbocycles. The van der Waals surface area contributed by atoms with E-state index in [-0.39, 0.29) is 16.0 Å². The fraction of sp³-hybridized carbons (Fsp3) is 0.217. The molecule has 3 aromatic rings. The van der Waals surface area contributed by atoms with E-state index in [0.29, 0.717) is 0 Å². The lowest BCUT2D eigenvalue weighted by Gasteiger charge is -2.43. The smallest absolute Gasteiger partial charge is 0.284 e. The summed E-state index contributed by atoms with van der Waals surface area (Å²) in [4.78, 5) is -7.14. The maximum Gasteiger partial charge on any atom is 0.339 e. The summed E-state index contributed by atoms with van der Waals surface area (Å²) in [6, 6.07) is 19.5. The predicted molar refractivity (Wildman–Crippen MR) is 145 cm³/mol. The predicted octanol–water partition coefficient (Wildman–Crippen LogP) is 1.35. The zero-order chi connectivity index (χ0) is 30.5. The Labute approximate surface area is 237 Å². The summed E-state index contributed by atoms with van der Waals surface area (Å²) in [5, 5.41) is -3.46. The normalized spacial score (nSPS) is 24.8. The quantitative estimate of drug-likeness (QED) is 0.241. The highest BCUT2D eigenvalue weighted by Crippen LogP contribution is 2.57. The van der Waals surface area contributed by atoms with Gasteiger partial charge in [0.05, 0.1) is 0 Å². The van der Waals surface area contributed by atoms with Crippen molar-refractivity contribution in [2.45, 2.75) is 28.2 Å². The van der Waals surface area contributed by atoms with Gasteiger partial charge in [-0.1, -0.05) is 91.0 Å². The highest BCUT2D eigenvalue weighted by molar-refractivity contribution is 7.93. The number of rotatable bonds is 9. The molecule has 41 heavy (non-hydrogen) atoms. The minimum absolute atomic E-state index is 0.0591. The Balaban J connectivity index is 2.34. The summed E-state index contributed by atoms with van der Waals surface area (Å²) >= 11 is 0. The van der Waals surface area contributed by atoms with Crippen molar-refractivity contribution in [3.8, 4) is 0 Å². The minimum Gasteiger partial charge on any atom is -0.284 e. The van der Waals surface area contributed by atoms with E-state index < -0.39 is 78.7 Å². The second-order valence-corrected chi connectivity index (χ2v) is 15.1. The van der Waals surface area contributed by atoms with Gasteiger partial charge in [0.15, 0.2) is 5.37 Å². The molecule has 0 radical (unpaired) electrons. The second kappa shape index (κ2) is 10.5. The van der Waals surface area contributed by atoms with Crippen molar-refractivity contribution in [3.63, 3.8) is 0 Å². The molecule has 0 spiro atoms. The highest BCUT2D eigenvalue weighted by atomic mass is 32.3. The van der Waals surface area contributed by atoms with Gasteiger partial charge in [0.2, 0.25) is 9.87 Å². The third-order valence-electron chi connectivity index (χ3n) is 6.70. The van der Waals surface area contributed by atoms with Gasteiger partial charge in [-0.2, -0.15) is 33.7 Å². The first-order valence-electron chi connectivity index (χ1n) is 11.5. The van der Waals surface area contributed by atoms with E-state index in [9.17, 15) is 51.9 Å². The Hall–Kier alpha value is -2.78. The Bertz CT molecular complexity index is 1860. The molecule has 0 amide bonds. The SMILES string of the molecule is O=S(=O)(O)C1N(S(=O)(=O)O)C(Cc2ccccc2)(S(=O)(=O)O)N(Cc2ccccc2)C1(c1ccccc1)S(=O)(=O)O. The molecule has 18 heteroatoms. The van der Waals surface area contributed by atoms with E-state index in [1.165, 1.54) is 78.9 Å². The molecule has 1 saturated heterocycles. The summed E-state index contributed by atoms with van der Waals surface area (Å²) < 4.78 is 148. The van der Waals surface area contributed by atoms with Gasteiger partial charge in [0, 0.05) is 13.0 Å². The lowest BCUT2D eigenvalue weighted by Crippen LogP contribution is -2.64. The molecule has 0 aliphatic carbocycles. The van der Waals surface area contributed by atoms with Crippen LogP contribution in [0.4, 0.5) is 0 Å². The van der Waals surface area contributed by atoms with Gasteiger partial charge in [-0.15, -0.1) is 4.31 Å². The number of benzene rings is 3. The van der Waals surface area contributed by atoms with Crippen molar-refractivity contribution in [2.75, 3.05) is 0 Å². The minimum atomic E-state index is -6.17. The van der Waals surface area contributed by atoms with Crippen molar-refractivity contribution in [3.05, 3.63) is 108 Å². The van der Waals surface area contributed by atoms with E-state index in [2.05, 4.69) is 0 Å². The molecule has 0 saturated carbocycles. The molecule has 4 N–H and O–H groups in total. The molecule has 1 aliphatic rings. The number of hydrogen-bond donors (Lipinski definition) is 4. The van der Waals surface area contributed by atoms with Crippen LogP contribution >= 0.6 is 0 Å². The maximum atomic E-state index is 13.5. The Kier molecular flexibility index (Phi) is 7.97. The molecular weight excluding hydrogens is 625 g/mol. The fourth-order valence-electron chi connectivity index (χ4n) is 5.26. The number of nitrogens with zero attached hydrogens (tertiary/aromatic N) is 2. The van der Waals surface area contributed by atoms with E-state index in [0.717, 1.165) is 12.1 Å². The molecule has 222 valence electrons. The van der Waals surface area contributed by atoms with Crippen molar-refractivity contribution < 1.29 is 51.9 Å². The average molecular weight is 649 g/mol. The van der Waals surface area contributed by atoms with Crippen LogP contribution < -0.4 is 0 Å². The molecule has 0 bridgehead atoms. The van der Waals surface area contributed by atoms with Gasteiger partial charge < -0.3 is 0 Å². The second-order valence-electron chi connectivity index (χ2n) is 9.13. The third kappa shape index (κ3) is 5.20. The summed E-state index contributed by atoms with van der Waals surface area (Å²) in [6.45, 7) is -0.958. The van der Waals surface area contributed by atoms with Crippen LogP contribution in [0.3, 0.4) is 0 Å². The van der Waals surface area contributed by atoms with Crippen LogP contribution in [-0.2, 0) is 58.5 Å². The van der Waals surface area contributed by atoms with Crippen LogP contribution in [0.15, 0.2) is 91.0 Å². The lowest BCUT2D eigenvalue weighted by atomic mass is 10.0. The molecule has 1 fully saturated rings. The van der Waals surface area contributed by atoms with Gasteiger partial charge in [-0.05, 0) is 16.7 Å². The van der Waals surface area contributed by atoms with E-state index in [1.807, 2.05) is 0 Å². The van der Waals surface area contributed by atoms with Gasteiger partial charge in [-0.25, -0.2) is 4.90 Å². The molecule has 0 aromatic heterocycles. The first-order valence-corrected chi connectivity index (χ1v) is 17.2. The van der Waals surface area contributed by atoms with E-state index >= 15 is 0 Å². The van der Waals surface area contributed by atoms with Crippen molar-refractivity contribution in [1.29, 1.82) is 0 Å². The molecule has 1 heterocycles. The zero-order valence-electron chi connectivity index (χ0n) is 20.7. The standard InChI is InChI=1S/C23H24N2O12S4/c26-38(27,28)21-23(40(32,33)34,20-14-8-3-9-15-20)24(17-19-12-6-2-7-13-19)22(39(29,30)31,25(21)41(35,36)37)16-18-10-4-1-5-11-18/h1-15,21H,16-17H2,(H,26,27,28)(H,29,30,31)(H,32,33,34)(H,35,36,37). The molecule has 3 atom stereocenters. The number of hydrogen-bond acceptors (Lipinski definition) is 9. The largest absolute Gasteiger partial charge is 0.339 e. The molecule has 14 nitrogen and oxygen atoms in total. The molecule has 4 rings (SSSR count). The van der Waals surface area contributed by atoms with Gasteiger partial charge >= 0.3 is 10.3 Å². The summed E-state index contributed by atoms with van der Waals surface area (Å²) in [5.41, 5.74) is -0.734. The first-order chi connectivity index (χ1) is 18.9. The van der Waals surface area contributed by atoms with Crippen LogP contribution in [0.5, 0.6) is 0 Å². The van der Waals surface area contributed by atoms with E-state index in [1.54, 1.807) is 0 Å². The third-order valence-corrected chi connectivity index (χ3v) is 12.1. The monoisotopic (exact) mass is 648 g/mol. The lowest BCUT2D eigenvalue weighted by molar-refractivity contribution is 0.0775. The van der Waals surface area contributed by atoms with Gasteiger partial charge in [0.1, 0.15) is 0 Å². The van der Waals surface area contributed by atoms with Crippen LogP contribution in [0.25, 0.3) is 0 Å². The Morgan fingerprint density at radius 1 is 0.610 bits per heavy atom. The van der Waals surface area contributed by atoms with Crippen LogP contribution in [0.1, 0.15) is 16.7 Å². The maximum absolute atomic E-state index is 13.5. The fourth-order valence-corrected chi connectivity index (χ4v) is 11.9. The Morgan fingerprint density at radius 2 is 1.05 bits per heavy atom. The van der Waals surface area contributed by atoms with Crippen molar-refractivity contribution in [1.82, 2.24) is 9.21 Å². The highest BCUT2D eigenvalue weighted by Gasteiger charge is 2.81. The van der Waals surface area contributed by atoms with Gasteiger partial charge in [-0.3, -0.25) is 18.2 Å². The van der Waals surface area contributed by atoms with Crippen molar-refractivity contribution in [2.24, 2.45) is 0 Å².